The van der Waals surface area contributed by atoms with E-state index in [9.17, 15) is 15.8 Å². The van der Waals surface area contributed by atoms with Crippen LogP contribution in [0.4, 0.5) is 0 Å². The number of nitrogens with zero attached hydrogens (tertiary/aromatic N) is 3. The van der Waals surface area contributed by atoms with Gasteiger partial charge in [-0.25, -0.2) is 0 Å². The van der Waals surface area contributed by atoms with E-state index in [0.717, 1.165) is 18.4 Å². The number of nitriles is 3. The first-order valence-corrected chi connectivity index (χ1v) is 9.84. The topological polar surface area (TPSA) is 95.2 Å². The van der Waals surface area contributed by atoms with Crippen molar-refractivity contribution in [1.82, 2.24) is 0 Å². The molecule has 28 heavy (non-hydrogen) atoms. The number of allylic oxidation sites excluding steroid dienone is 2. The Balaban J connectivity index is 2.28. The van der Waals surface area contributed by atoms with Crippen molar-refractivity contribution in [2.45, 2.75) is 39.5 Å². The zero-order chi connectivity index (χ0) is 20.7. The Labute approximate surface area is 171 Å². The van der Waals surface area contributed by atoms with Crippen LogP contribution in [0.15, 0.2) is 35.9 Å². The third kappa shape index (κ3) is 2.92. The quantitative estimate of drug-likeness (QED) is 0.629. The molecule has 0 aliphatic heterocycles. The number of rotatable bonds is 1. The summed E-state index contributed by atoms with van der Waals surface area (Å²) in [5.41, 5.74) is -0.186. The summed E-state index contributed by atoms with van der Waals surface area (Å²) in [6.45, 7) is 6.57. The highest BCUT2D eigenvalue weighted by Crippen LogP contribution is 2.58. The lowest BCUT2D eigenvalue weighted by atomic mass is 9.51. The van der Waals surface area contributed by atoms with Gasteiger partial charge < -0.3 is 5.41 Å². The van der Waals surface area contributed by atoms with E-state index in [4.69, 9.17) is 17.0 Å². The Kier molecular flexibility index (Phi) is 5.10. The number of nitrogens with one attached hydrogen (secondary N) is 1. The van der Waals surface area contributed by atoms with Gasteiger partial charge in [0.05, 0.1) is 23.9 Å². The minimum Gasteiger partial charge on any atom is -0.305 e. The van der Waals surface area contributed by atoms with Crippen LogP contribution >= 0.6 is 11.6 Å². The Morgan fingerprint density at radius 1 is 1.14 bits per heavy atom. The maximum Gasteiger partial charge on any atom is 0.189 e. The summed E-state index contributed by atoms with van der Waals surface area (Å²) in [5.74, 6) is -1.21. The van der Waals surface area contributed by atoms with Crippen LogP contribution in [0.25, 0.3) is 0 Å². The highest BCUT2D eigenvalue weighted by molar-refractivity contribution is 6.31. The van der Waals surface area contributed by atoms with Gasteiger partial charge in [0, 0.05) is 10.9 Å². The second-order valence-corrected chi connectivity index (χ2v) is 9.26. The van der Waals surface area contributed by atoms with Gasteiger partial charge >= 0.3 is 0 Å². The van der Waals surface area contributed by atoms with E-state index in [2.05, 4.69) is 45.1 Å². The van der Waals surface area contributed by atoms with Crippen LogP contribution in [0.2, 0.25) is 5.02 Å². The van der Waals surface area contributed by atoms with Gasteiger partial charge in [-0.1, -0.05) is 56.6 Å². The van der Waals surface area contributed by atoms with Crippen LogP contribution in [0.5, 0.6) is 0 Å². The number of benzene rings is 1. The van der Waals surface area contributed by atoms with E-state index in [1.807, 2.05) is 18.2 Å². The molecule has 142 valence electrons. The number of fused-ring (bicyclic) bond motifs is 1. The third-order valence-electron chi connectivity index (χ3n) is 6.47. The molecule has 3 rings (SSSR count). The average Bonchev–Trinajstić information content (AvgIpc) is 2.67. The van der Waals surface area contributed by atoms with Crippen molar-refractivity contribution in [2.75, 3.05) is 0 Å². The molecule has 1 aromatic carbocycles. The molecule has 1 aromatic rings. The summed E-state index contributed by atoms with van der Waals surface area (Å²) in [6.07, 6.45) is 3.68. The molecule has 4 atom stereocenters. The van der Waals surface area contributed by atoms with Crippen LogP contribution in [0.1, 0.15) is 45.1 Å². The highest BCUT2D eigenvalue weighted by Gasteiger charge is 2.58. The van der Waals surface area contributed by atoms with Gasteiger partial charge in [-0.05, 0) is 47.3 Å². The smallest absolute Gasteiger partial charge is 0.189 e. The SMILES string of the molecule is CC(C)(C)[C@H]1CC=C2C(C#N)C(=N)C(C#N)(C#N)[C@@H](c3ccccc3Cl)[C@@H]2C1. The Bertz CT molecular complexity index is 950. The van der Waals surface area contributed by atoms with Crippen molar-refractivity contribution in [1.29, 1.82) is 21.2 Å². The average molecular weight is 391 g/mol. The molecule has 1 N–H and O–H groups in total. The molecule has 2 aliphatic rings. The fourth-order valence-electron chi connectivity index (χ4n) is 4.80. The number of halogens is 1. The van der Waals surface area contributed by atoms with Crippen molar-refractivity contribution in [2.24, 2.45) is 28.6 Å². The lowest BCUT2D eigenvalue weighted by Crippen LogP contribution is -2.50. The fraction of sp³-hybridized carbons (Fsp3) is 0.478. The number of hydrogen-bond donors (Lipinski definition) is 1. The predicted molar refractivity (Wildman–Crippen MR) is 108 cm³/mol. The summed E-state index contributed by atoms with van der Waals surface area (Å²) >= 11 is 6.50. The Hall–Kier alpha value is -2.61. The summed E-state index contributed by atoms with van der Waals surface area (Å²) in [6, 6.07) is 13.7. The van der Waals surface area contributed by atoms with E-state index in [1.165, 1.54) is 0 Å². The Morgan fingerprint density at radius 2 is 1.79 bits per heavy atom. The van der Waals surface area contributed by atoms with Gasteiger partial charge in [0.1, 0.15) is 5.92 Å². The molecule has 0 spiro atoms. The summed E-state index contributed by atoms with van der Waals surface area (Å²) in [4.78, 5) is 0. The Morgan fingerprint density at radius 3 is 2.32 bits per heavy atom. The maximum atomic E-state index is 10.1. The fourth-order valence-corrected chi connectivity index (χ4v) is 5.05. The third-order valence-corrected chi connectivity index (χ3v) is 6.81. The van der Waals surface area contributed by atoms with Crippen molar-refractivity contribution >= 4 is 17.3 Å². The maximum absolute atomic E-state index is 10.1. The molecule has 0 aromatic heterocycles. The molecule has 4 nitrogen and oxygen atoms in total. The van der Waals surface area contributed by atoms with Gasteiger partial charge in [-0.3, -0.25) is 0 Å². The molecule has 1 saturated carbocycles. The van der Waals surface area contributed by atoms with Gasteiger partial charge in [-0.2, -0.15) is 15.8 Å². The van der Waals surface area contributed by atoms with Crippen molar-refractivity contribution in [3.05, 3.63) is 46.5 Å². The monoisotopic (exact) mass is 390 g/mol. The molecule has 0 saturated heterocycles. The first-order valence-electron chi connectivity index (χ1n) is 9.46. The van der Waals surface area contributed by atoms with Gasteiger partial charge in [0.15, 0.2) is 5.41 Å². The van der Waals surface area contributed by atoms with E-state index in [0.29, 0.717) is 16.5 Å². The molecule has 0 radical (unpaired) electrons. The van der Waals surface area contributed by atoms with Gasteiger partial charge in [0.25, 0.3) is 0 Å². The normalized spacial score (nSPS) is 28.9. The number of hydrogen-bond acceptors (Lipinski definition) is 4. The van der Waals surface area contributed by atoms with Gasteiger partial charge in [-0.15, -0.1) is 0 Å². The minimum absolute atomic E-state index is 0.0576. The van der Waals surface area contributed by atoms with E-state index in [1.54, 1.807) is 6.07 Å². The predicted octanol–water partition coefficient (Wildman–Crippen LogP) is 5.63. The molecule has 0 heterocycles. The summed E-state index contributed by atoms with van der Waals surface area (Å²) in [7, 11) is 0. The van der Waals surface area contributed by atoms with Crippen molar-refractivity contribution in [3.63, 3.8) is 0 Å². The second kappa shape index (κ2) is 7.09. The van der Waals surface area contributed by atoms with E-state index < -0.39 is 17.3 Å². The molecule has 1 fully saturated rings. The molecule has 2 aliphatic carbocycles. The molecule has 0 amide bonds. The second-order valence-electron chi connectivity index (χ2n) is 8.85. The lowest BCUT2D eigenvalue weighted by Gasteiger charge is -2.49. The minimum atomic E-state index is -1.70. The van der Waals surface area contributed by atoms with Crippen LogP contribution in [0, 0.1) is 68.0 Å². The van der Waals surface area contributed by atoms with Crippen molar-refractivity contribution in [3.8, 4) is 18.2 Å². The van der Waals surface area contributed by atoms with Crippen molar-refractivity contribution < 1.29 is 0 Å². The molecule has 0 bridgehead atoms. The lowest BCUT2D eigenvalue weighted by molar-refractivity contribution is 0.168. The molecular weight excluding hydrogens is 368 g/mol. The first-order chi connectivity index (χ1) is 13.2. The van der Waals surface area contributed by atoms with E-state index >= 15 is 0 Å². The van der Waals surface area contributed by atoms with Crippen LogP contribution in [-0.4, -0.2) is 5.71 Å². The zero-order valence-electron chi connectivity index (χ0n) is 16.3. The summed E-state index contributed by atoms with van der Waals surface area (Å²) < 4.78 is 0. The van der Waals surface area contributed by atoms with Crippen LogP contribution in [0.3, 0.4) is 0 Å². The largest absolute Gasteiger partial charge is 0.305 e. The van der Waals surface area contributed by atoms with Gasteiger partial charge in [0.2, 0.25) is 0 Å². The molecule has 1 unspecified atom stereocenters. The van der Waals surface area contributed by atoms with Crippen LogP contribution in [-0.2, 0) is 0 Å². The molecular formula is C23H23ClN4. The standard InChI is InChI=1S/C23H23ClN4/c1-22(2,3)14-8-9-15-17(10-14)20(16-6-4-5-7-19(16)24)23(12-26,13-27)21(28)18(15)11-25/h4-7,9,14,17-18,20,28H,8,10H2,1-3H3/t14-,17+,18?,20-/m0/s1. The zero-order valence-corrected chi connectivity index (χ0v) is 17.1. The molecule has 5 heteroatoms. The van der Waals surface area contributed by atoms with Crippen LogP contribution < -0.4 is 0 Å². The van der Waals surface area contributed by atoms with E-state index in [-0.39, 0.29) is 17.0 Å². The summed E-state index contributed by atoms with van der Waals surface area (Å²) in [5, 5.41) is 39.1. The first kappa shape index (κ1) is 20.1. The highest BCUT2D eigenvalue weighted by atomic mass is 35.5.